The molecule has 1 aromatic heterocycles. The first kappa shape index (κ1) is 13.6. The van der Waals surface area contributed by atoms with E-state index in [0.717, 1.165) is 11.3 Å². The van der Waals surface area contributed by atoms with Gasteiger partial charge in [-0.15, -0.1) is 0 Å². The van der Waals surface area contributed by atoms with Gasteiger partial charge in [0.2, 0.25) is 5.78 Å². The molecule has 0 spiro atoms. The number of carbonyl (C=O) groups excluding carboxylic acids is 1. The highest BCUT2D eigenvalue weighted by Gasteiger charge is 2.14. The van der Waals surface area contributed by atoms with Crippen LogP contribution < -0.4 is 4.90 Å². The summed E-state index contributed by atoms with van der Waals surface area (Å²) in [5, 5.41) is 9.11. The van der Waals surface area contributed by atoms with Crippen molar-refractivity contribution < 1.29 is 9.21 Å². The third-order valence-electron chi connectivity index (χ3n) is 2.83. The molecule has 1 aromatic carbocycles. The number of nitrogens with zero attached hydrogens (tertiary/aromatic N) is 2. The van der Waals surface area contributed by atoms with Crippen molar-refractivity contribution in [2.24, 2.45) is 0 Å². The van der Waals surface area contributed by atoms with E-state index in [2.05, 4.69) is 0 Å². The molecule has 0 unspecified atom stereocenters. The molecule has 0 atom stereocenters. The smallest absolute Gasteiger partial charge is 0.238 e. The van der Waals surface area contributed by atoms with Crippen molar-refractivity contribution in [3.63, 3.8) is 0 Å². The van der Waals surface area contributed by atoms with Crippen LogP contribution in [0.2, 0.25) is 0 Å². The standard InChI is InChI=1S/C16H14N2O2/c1-18(2)14-7-5-12(6-8-14)10-13(11-17)16(19)15-4-3-9-20-15/h3-10H,1-2H3/b13-10+. The molecule has 0 radical (unpaired) electrons. The molecule has 4 heteroatoms. The zero-order chi connectivity index (χ0) is 14.5. The molecular formula is C16H14N2O2. The third-order valence-corrected chi connectivity index (χ3v) is 2.83. The molecule has 1 heterocycles. The van der Waals surface area contributed by atoms with E-state index in [4.69, 9.17) is 9.68 Å². The molecule has 0 aliphatic heterocycles. The van der Waals surface area contributed by atoms with Gasteiger partial charge >= 0.3 is 0 Å². The zero-order valence-corrected chi connectivity index (χ0v) is 11.3. The Bertz CT molecular complexity index is 660. The number of benzene rings is 1. The summed E-state index contributed by atoms with van der Waals surface area (Å²) in [7, 11) is 3.90. The lowest BCUT2D eigenvalue weighted by molar-refractivity contribution is 0.101. The van der Waals surface area contributed by atoms with Gasteiger partial charge in [-0.2, -0.15) is 5.26 Å². The Hall–Kier alpha value is -2.80. The summed E-state index contributed by atoms with van der Waals surface area (Å²) in [6.07, 6.45) is 2.97. The fourth-order valence-corrected chi connectivity index (χ4v) is 1.72. The van der Waals surface area contributed by atoms with Crippen LogP contribution in [0.4, 0.5) is 5.69 Å². The van der Waals surface area contributed by atoms with E-state index in [9.17, 15) is 4.79 Å². The van der Waals surface area contributed by atoms with Crippen LogP contribution in [0.25, 0.3) is 6.08 Å². The Morgan fingerprint density at radius 2 is 1.95 bits per heavy atom. The summed E-state index contributed by atoms with van der Waals surface area (Å²) in [6, 6.07) is 12.7. The van der Waals surface area contributed by atoms with Gasteiger partial charge in [0, 0.05) is 19.8 Å². The van der Waals surface area contributed by atoms with E-state index < -0.39 is 5.78 Å². The van der Waals surface area contributed by atoms with Crippen LogP contribution >= 0.6 is 0 Å². The minimum Gasteiger partial charge on any atom is -0.461 e. The first-order valence-electron chi connectivity index (χ1n) is 6.09. The summed E-state index contributed by atoms with van der Waals surface area (Å²) >= 11 is 0. The summed E-state index contributed by atoms with van der Waals surface area (Å²) in [5.41, 5.74) is 1.91. The Balaban J connectivity index is 2.28. The van der Waals surface area contributed by atoms with E-state index >= 15 is 0 Å². The van der Waals surface area contributed by atoms with Gasteiger partial charge in [0.25, 0.3) is 0 Å². The molecule has 2 aromatic rings. The van der Waals surface area contributed by atoms with Crippen molar-refractivity contribution in [2.75, 3.05) is 19.0 Å². The molecule has 0 N–H and O–H groups in total. The highest BCUT2D eigenvalue weighted by Crippen LogP contribution is 2.16. The maximum absolute atomic E-state index is 12.0. The summed E-state index contributed by atoms with van der Waals surface area (Å²) < 4.78 is 5.02. The lowest BCUT2D eigenvalue weighted by Crippen LogP contribution is -2.08. The predicted molar refractivity (Wildman–Crippen MR) is 77.4 cm³/mol. The van der Waals surface area contributed by atoms with Gasteiger partial charge in [0.15, 0.2) is 5.76 Å². The first-order chi connectivity index (χ1) is 9.61. The van der Waals surface area contributed by atoms with Crippen molar-refractivity contribution in [1.29, 1.82) is 5.26 Å². The van der Waals surface area contributed by atoms with Crippen molar-refractivity contribution in [2.45, 2.75) is 0 Å². The molecule has 0 saturated heterocycles. The number of furan rings is 1. The molecule has 0 aliphatic rings. The van der Waals surface area contributed by atoms with Crippen LogP contribution in [0.1, 0.15) is 16.1 Å². The molecular weight excluding hydrogens is 252 g/mol. The van der Waals surface area contributed by atoms with Gasteiger partial charge in [-0.25, -0.2) is 0 Å². The highest BCUT2D eigenvalue weighted by molar-refractivity contribution is 6.12. The van der Waals surface area contributed by atoms with Crippen LogP contribution in [0.5, 0.6) is 0 Å². The molecule has 0 aliphatic carbocycles. The van der Waals surface area contributed by atoms with Crippen LogP contribution in [-0.4, -0.2) is 19.9 Å². The number of rotatable bonds is 4. The van der Waals surface area contributed by atoms with Gasteiger partial charge in [-0.3, -0.25) is 4.79 Å². The predicted octanol–water partition coefficient (Wildman–Crippen LogP) is 3.14. The maximum Gasteiger partial charge on any atom is 0.238 e. The lowest BCUT2D eigenvalue weighted by Gasteiger charge is -2.11. The number of hydrogen-bond donors (Lipinski definition) is 0. The third kappa shape index (κ3) is 2.96. The summed E-state index contributed by atoms with van der Waals surface area (Å²) in [6.45, 7) is 0. The fraction of sp³-hybridized carbons (Fsp3) is 0.125. The minimum absolute atomic E-state index is 0.0533. The minimum atomic E-state index is -0.408. The summed E-state index contributed by atoms with van der Waals surface area (Å²) in [4.78, 5) is 14.0. The largest absolute Gasteiger partial charge is 0.461 e. The van der Waals surface area contributed by atoms with Crippen molar-refractivity contribution in [3.8, 4) is 6.07 Å². The van der Waals surface area contributed by atoms with Crippen LogP contribution in [0.15, 0.2) is 52.7 Å². The van der Waals surface area contributed by atoms with E-state index in [1.165, 1.54) is 6.26 Å². The number of allylic oxidation sites excluding steroid dienone is 1. The monoisotopic (exact) mass is 266 g/mol. The molecule has 100 valence electrons. The number of hydrogen-bond acceptors (Lipinski definition) is 4. The van der Waals surface area contributed by atoms with Gasteiger partial charge in [0.05, 0.1) is 6.26 Å². The zero-order valence-electron chi connectivity index (χ0n) is 11.3. The van der Waals surface area contributed by atoms with Crippen molar-refractivity contribution in [3.05, 3.63) is 59.6 Å². The Morgan fingerprint density at radius 3 is 2.45 bits per heavy atom. The van der Waals surface area contributed by atoms with Crippen LogP contribution in [0, 0.1) is 11.3 Å². The lowest BCUT2D eigenvalue weighted by atomic mass is 10.1. The van der Waals surface area contributed by atoms with Gasteiger partial charge in [-0.1, -0.05) is 12.1 Å². The second-order valence-electron chi connectivity index (χ2n) is 4.46. The number of Topliss-reactive ketones (excluding diaryl/α,β-unsaturated/α-hetero) is 1. The van der Waals surface area contributed by atoms with Crippen molar-refractivity contribution >= 4 is 17.5 Å². The molecule has 0 fully saturated rings. The van der Waals surface area contributed by atoms with Crippen LogP contribution in [0.3, 0.4) is 0 Å². The topological polar surface area (TPSA) is 57.2 Å². The number of nitriles is 1. The molecule has 4 nitrogen and oxygen atoms in total. The molecule has 20 heavy (non-hydrogen) atoms. The number of carbonyl (C=O) groups is 1. The molecule has 0 amide bonds. The molecule has 2 rings (SSSR count). The highest BCUT2D eigenvalue weighted by atomic mass is 16.3. The SMILES string of the molecule is CN(C)c1ccc(/C=C(\C#N)C(=O)c2ccco2)cc1. The fourth-order valence-electron chi connectivity index (χ4n) is 1.72. The van der Waals surface area contributed by atoms with E-state index in [1.54, 1.807) is 18.2 Å². The van der Waals surface area contributed by atoms with E-state index in [0.29, 0.717) is 0 Å². The second-order valence-corrected chi connectivity index (χ2v) is 4.46. The second kappa shape index (κ2) is 5.89. The average molecular weight is 266 g/mol. The Kier molecular flexibility index (Phi) is 4.02. The van der Waals surface area contributed by atoms with Gasteiger partial charge in [-0.05, 0) is 35.9 Å². The van der Waals surface area contributed by atoms with E-state index in [-0.39, 0.29) is 11.3 Å². The average Bonchev–Trinajstić information content (AvgIpc) is 2.98. The maximum atomic E-state index is 12.0. The van der Waals surface area contributed by atoms with E-state index in [1.807, 2.05) is 49.3 Å². The number of anilines is 1. The van der Waals surface area contributed by atoms with Gasteiger partial charge in [0.1, 0.15) is 11.6 Å². The van der Waals surface area contributed by atoms with Gasteiger partial charge < -0.3 is 9.32 Å². The van der Waals surface area contributed by atoms with Crippen molar-refractivity contribution in [1.82, 2.24) is 0 Å². The normalized spacial score (nSPS) is 10.9. The summed E-state index contributed by atoms with van der Waals surface area (Å²) in [5.74, 6) is -0.239. The van der Waals surface area contributed by atoms with Crippen LogP contribution in [-0.2, 0) is 0 Å². The quantitative estimate of drug-likeness (QED) is 0.484. The molecule has 0 saturated carbocycles. The first-order valence-corrected chi connectivity index (χ1v) is 6.09. The molecule has 0 bridgehead atoms. The Morgan fingerprint density at radius 1 is 1.25 bits per heavy atom. The Labute approximate surface area is 117 Å². The number of ketones is 1.